The average Bonchev–Trinajstić information content (AvgIpc) is 2.91. The normalized spacial score (nSPS) is 12.8. The molecule has 2 amide bonds. The third kappa shape index (κ3) is 7.38. The number of amides is 2. The molecule has 0 radical (unpaired) electrons. The van der Waals surface area contributed by atoms with E-state index in [2.05, 4.69) is 0 Å². The van der Waals surface area contributed by atoms with Crippen LogP contribution in [0.3, 0.4) is 0 Å². The van der Waals surface area contributed by atoms with Gasteiger partial charge in [0.25, 0.3) is 0 Å². The number of hydrogen-bond donors (Lipinski definition) is 1. The molecule has 0 aliphatic carbocycles. The van der Waals surface area contributed by atoms with Crippen LogP contribution in [0.2, 0.25) is 0 Å². The van der Waals surface area contributed by atoms with Crippen LogP contribution in [0.4, 0.5) is 11.4 Å². The van der Waals surface area contributed by atoms with E-state index in [0.29, 0.717) is 13.1 Å². The minimum Gasteiger partial charge on any atom is -0.395 e. The highest BCUT2D eigenvalue weighted by Crippen LogP contribution is 2.30. The van der Waals surface area contributed by atoms with Gasteiger partial charge in [-0.15, -0.1) is 0 Å². The topological polar surface area (TPSA) is 70.1 Å². The first kappa shape index (κ1) is 26.9. The molecule has 0 spiro atoms. The van der Waals surface area contributed by atoms with E-state index in [-0.39, 0.29) is 31.0 Å². The van der Waals surface area contributed by atoms with Gasteiger partial charge in [-0.05, 0) is 35.4 Å². The summed E-state index contributed by atoms with van der Waals surface area (Å²) in [5, 5.41) is 9.39. The van der Waals surface area contributed by atoms with Crippen LogP contribution in [0, 0.1) is 5.92 Å². The summed E-state index contributed by atoms with van der Waals surface area (Å²) in [5.41, 5.74) is 3.58. The van der Waals surface area contributed by atoms with Crippen LogP contribution >= 0.6 is 0 Å². The molecule has 6 nitrogen and oxygen atoms in total. The van der Waals surface area contributed by atoms with Crippen molar-refractivity contribution in [2.24, 2.45) is 5.92 Å². The van der Waals surface area contributed by atoms with Gasteiger partial charge in [0.05, 0.1) is 12.7 Å². The second kappa shape index (κ2) is 14.0. The summed E-state index contributed by atoms with van der Waals surface area (Å²) in [6.45, 7) is 2.73. The van der Waals surface area contributed by atoms with Gasteiger partial charge >= 0.3 is 0 Å². The highest BCUT2D eigenvalue weighted by atomic mass is 16.5. The zero-order chi connectivity index (χ0) is 25.8. The van der Waals surface area contributed by atoms with E-state index in [1.165, 1.54) is 0 Å². The van der Waals surface area contributed by atoms with Gasteiger partial charge in [-0.25, -0.2) is 0 Å². The number of hydrogen-bond acceptors (Lipinski definition) is 4. The van der Waals surface area contributed by atoms with Crippen molar-refractivity contribution in [3.05, 3.63) is 108 Å². The fourth-order valence-corrected chi connectivity index (χ4v) is 4.17. The molecule has 0 saturated carbocycles. The summed E-state index contributed by atoms with van der Waals surface area (Å²) in [4.78, 5) is 27.7. The maximum absolute atomic E-state index is 12.8. The van der Waals surface area contributed by atoms with Crippen LogP contribution in [0.5, 0.6) is 0 Å². The first-order chi connectivity index (χ1) is 17.6. The molecule has 0 aliphatic heterocycles. The van der Waals surface area contributed by atoms with Crippen molar-refractivity contribution >= 4 is 23.7 Å². The average molecular weight is 487 g/mol. The number of para-hydroxylation sites is 1. The Kier molecular flexibility index (Phi) is 10.4. The molecule has 0 aromatic heterocycles. The molecule has 2 atom stereocenters. The zero-order valence-electron chi connectivity index (χ0n) is 20.9. The lowest BCUT2D eigenvalue weighted by Gasteiger charge is -2.23. The van der Waals surface area contributed by atoms with E-state index in [4.69, 9.17) is 4.74 Å². The van der Waals surface area contributed by atoms with Gasteiger partial charge in [-0.2, -0.15) is 0 Å². The number of aliphatic hydroxyl groups is 1. The van der Waals surface area contributed by atoms with Crippen molar-refractivity contribution in [2.75, 3.05) is 25.2 Å². The summed E-state index contributed by atoms with van der Waals surface area (Å²) in [7, 11) is 1.67. The Hall–Kier alpha value is -3.74. The molecule has 0 aliphatic rings. The lowest BCUT2D eigenvalue weighted by atomic mass is 9.96. The highest BCUT2D eigenvalue weighted by Gasteiger charge is 2.18. The fourth-order valence-electron chi connectivity index (χ4n) is 4.17. The molecular formula is C30H34N2O4. The number of anilines is 2. The first-order valence-electron chi connectivity index (χ1n) is 12.1. The Balaban J connectivity index is 1.63. The van der Waals surface area contributed by atoms with E-state index >= 15 is 0 Å². The Morgan fingerprint density at radius 2 is 1.56 bits per heavy atom. The van der Waals surface area contributed by atoms with Gasteiger partial charge in [0.15, 0.2) is 0 Å². The minimum atomic E-state index is -0.204. The number of nitrogens with zero attached hydrogens (tertiary/aromatic N) is 2. The van der Waals surface area contributed by atoms with Crippen LogP contribution in [0.15, 0.2) is 97.1 Å². The predicted molar refractivity (Wildman–Crippen MR) is 143 cm³/mol. The SMILES string of the molecule is CO[C@H](c1ccc(N(C=O)c2ccccc2)cc1)[C@H](C)/C=C/CC(=O)N(CCO)Cc1ccccc1. The van der Waals surface area contributed by atoms with Crippen molar-refractivity contribution in [1.82, 2.24) is 4.90 Å². The molecule has 0 bridgehead atoms. The van der Waals surface area contributed by atoms with E-state index in [9.17, 15) is 14.7 Å². The largest absolute Gasteiger partial charge is 0.395 e. The number of aliphatic hydroxyl groups excluding tert-OH is 1. The molecule has 0 unspecified atom stereocenters. The lowest BCUT2D eigenvalue weighted by Crippen LogP contribution is -2.32. The zero-order valence-corrected chi connectivity index (χ0v) is 20.9. The molecule has 0 heterocycles. The smallest absolute Gasteiger partial charge is 0.226 e. The lowest BCUT2D eigenvalue weighted by molar-refractivity contribution is -0.131. The molecule has 3 rings (SSSR count). The predicted octanol–water partition coefficient (Wildman–Crippen LogP) is 5.27. The Morgan fingerprint density at radius 1 is 0.944 bits per heavy atom. The van der Waals surface area contributed by atoms with E-state index in [0.717, 1.165) is 28.9 Å². The second-order valence-electron chi connectivity index (χ2n) is 8.57. The Bertz CT molecular complexity index is 1100. The quantitative estimate of drug-likeness (QED) is 0.264. The summed E-state index contributed by atoms with van der Waals surface area (Å²) in [6, 6.07) is 26.9. The Labute approximate surface area is 213 Å². The van der Waals surface area contributed by atoms with Gasteiger partial charge in [-0.3, -0.25) is 14.5 Å². The molecule has 188 valence electrons. The van der Waals surface area contributed by atoms with Gasteiger partial charge < -0.3 is 14.7 Å². The number of carbonyl (C=O) groups is 2. The molecule has 0 saturated heterocycles. The second-order valence-corrected chi connectivity index (χ2v) is 8.57. The van der Waals surface area contributed by atoms with Gasteiger partial charge in [0.2, 0.25) is 12.3 Å². The van der Waals surface area contributed by atoms with Crippen molar-refractivity contribution in [2.45, 2.75) is 26.0 Å². The summed E-state index contributed by atoms with van der Waals surface area (Å²) < 4.78 is 5.77. The van der Waals surface area contributed by atoms with E-state index in [1.54, 1.807) is 16.9 Å². The molecule has 36 heavy (non-hydrogen) atoms. The molecular weight excluding hydrogens is 452 g/mol. The maximum Gasteiger partial charge on any atom is 0.226 e. The molecule has 3 aromatic carbocycles. The van der Waals surface area contributed by atoms with Crippen LogP contribution in [-0.4, -0.2) is 42.6 Å². The van der Waals surface area contributed by atoms with Crippen LogP contribution in [0.1, 0.15) is 30.6 Å². The van der Waals surface area contributed by atoms with Crippen molar-refractivity contribution in [1.29, 1.82) is 0 Å². The third-order valence-corrected chi connectivity index (χ3v) is 6.04. The van der Waals surface area contributed by atoms with Crippen molar-refractivity contribution < 1.29 is 19.4 Å². The van der Waals surface area contributed by atoms with Crippen LogP contribution < -0.4 is 4.90 Å². The van der Waals surface area contributed by atoms with Gasteiger partial charge in [0.1, 0.15) is 0 Å². The number of methoxy groups -OCH3 is 1. The van der Waals surface area contributed by atoms with Crippen molar-refractivity contribution in [3.8, 4) is 0 Å². The highest BCUT2D eigenvalue weighted by molar-refractivity contribution is 5.86. The monoisotopic (exact) mass is 486 g/mol. The third-order valence-electron chi connectivity index (χ3n) is 6.04. The molecule has 1 N–H and O–H groups in total. The first-order valence-corrected chi connectivity index (χ1v) is 12.1. The number of benzene rings is 3. The van der Waals surface area contributed by atoms with Gasteiger partial charge in [-0.1, -0.05) is 79.7 Å². The standard InChI is InChI=1S/C30H34N2O4/c1-24(10-9-15-29(35)31(20-21-33)22-25-11-5-3-6-12-25)30(36-2)26-16-18-28(19-17-26)32(23-34)27-13-7-4-8-14-27/h3-14,16-19,23-24,30,33H,15,20-22H2,1-2H3/b10-9+/t24-,30+/m1/s1. The van der Waals surface area contributed by atoms with Crippen LogP contribution in [-0.2, 0) is 20.9 Å². The van der Waals surface area contributed by atoms with Gasteiger partial charge in [0, 0.05) is 43.9 Å². The van der Waals surface area contributed by atoms with Crippen LogP contribution in [0.25, 0.3) is 0 Å². The number of carbonyl (C=O) groups excluding carboxylic acids is 2. The van der Waals surface area contributed by atoms with Crippen molar-refractivity contribution in [3.63, 3.8) is 0 Å². The number of ether oxygens (including phenoxy) is 1. The molecule has 0 fully saturated rings. The fraction of sp³-hybridized carbons (Fsp3) is 0.267. The Morgan fingerprint density at radius 3 is 2.14 bits per heavy atom. The number of rotatable bonds is 13. The van der Waals surface area contributed by atoms with E-state index in [1.807, 2.05) is 104 Å². The molecule has 3 aromatic rings. The summed E-state index contributed by atoms with van der Waals surface area (Å²) in [6.07, 6.45) is 4.70. The summed E-state index contributed by atoms with van der Waals surface area (Å²) >= 11 is 0. The molecule has 6 heteroatoms. The minimum absolute atomic E-state index is 0.0189. The maximum atomic E-state index is 12.8. The van der Waals surface area contributed by atoms with E-state index < -0.39 is 0 Å². The summed E-state index contributed by atoms with van der Waals surface area (Å²) in [5.74, 6) is -0.0186.